The molecule has 1 atom stereocenters. The van der Waals surface area contributed by atoms with E-state index in [1.165, 1.54) is 12.1 Å². The maximum Gasteiger partial charge on any atom is 0.240 e. The summed E-state index contributed by atoms with van der Waals surface area (Å²) in [7, 11) is -3.60. The highest BCUT2D eigenvalue weighted by molar-refractivity contribution is 7.89. The molecule has 0 saturated carbocycles. The van der Waals surface area contributed by atoms with E-state index in [0.717, 1.165) is 19.3 Å². The average molecular weight is 327 g/mol. The standard InChI is InChI=1S/C15H25N3O3S/c1-3-5-6-13(11-16)18-22(20,21)14-9-7-12(8-10-14)17-15(19)4-2/h7-10,13,18H,3-6,11,16H2,1-2H3,(H,17,19). The Morgan fingerprint density at radius 2 is 1.86 bits per heavy atom. The van der Waals surface area contributed by atoms with Gasteiger partial charge in [0.25, 0.3) is 0 Å². The van der Waals surface area contributed by atoms with Gasteiger partial charge in [-0.25, -0.2) is 13.1 Å². The average Bonchev–Trinajstić information content (AvgIpc) is 2.51. The molecule has 0 aliphatic rings. The molecular formula is C15H25N3O3S. The second-order valence-corrected chi connectivity index (χ2v) is 6.84. The molecule has 1 rings (SSSR count). The first-order chi connectivity index (χ1) is 10.4. The van der Waals surface area contributed by atoms with E-state index in [2.05, 4.69) is 10.0 Å². The van der Waals surface area contributed by atoms with E-state index in [4.69, 9.17) is 5.73 Å². The van der Waals surface area contributed by atoms with Gasteiger partial charge in [0.05, 0.1) is 4.90 Å². The third kappa shape index (κ3) is 5.75. The number of unbranched alkanes of at least 4 members (excludes halogenated alkanes) is 1. The van der Waals surface area contributed by atoms with E-state index in [0.29, 0.717) is 12.1 Å². The van der Waals surface area contributed by atoms with E-state index in [1.807, 2.05) is 6.92 Å². The number of sulfonamides is 1. The van der Waals surface area contributed by atoms with Crippen LogP contribution in [0.4, 0.5) is 5.69 Å². The van der Waals surface area contributed by atoms with Crippen LogP contribution >= 0.6 is 0 Å². The molecule has 22 heavy (non-hydrogen) atoms. The Labute approximate surface area is 132 Å². The van der Waals surface area contributed by atoms with Gasteiger partial charge in [-0.2, -0.15) is 0 Å². The SMILES string of the molecule is CCCCC(CN)NS(=O)(=O)c1ccc(NC(=O)CC)cc1. The van der Waals surface area contributed by atoms with Crippen LogP contribution in [0.15, 0.2) is 29.2 Å². The Bertz CT molecular complexity index is 570. The Kier molecular flexibility index (Phi) is 7.50. The molecule has 0 radical (unpaired) electrons. The van der Waals surface area contributed by atoms with Gasteiger partial charge in [0.1, 0.15) is 0 Å². The number of nitrogens with one attached hydrogen (secondary N) is 2. The molecule has 0 aliphatic carbocycles. The highest BCUT2D eigenvalue weighted by Crippen LogP contribution is 2.15. The monoisotopic (exact) mass is 327 g/mol. The van der Waals surface area contributed by atoms with Crippen molar-refractivity contribution < 1.29 is 13.2 Å². The zero-order valence-corrected chi connectivity index (χ0v) is 13.9. The van der Waals surface area contributed by atoms with Gasteiger partial charge in [-0.15, -0.1) is 0 Å². The van der Waals surface area contributed by atoms with Crippen LogP contribution in [0.5, 0.6) is 0 Å². The first kappa shape index (κ1) is 18.6. The second-order valence-electron chi connectivity index (χ2n) is 5.12. The van der Waals surface area contributed by atoms with Crippen molar-refractivity contribution in [3.05, 3.63) is 24.3 Å². The topological polar surface area (TPSA) is 101 Å². The van der Waals surface area contributed by atoms with Crippen molar-refractivity contribution in [3.8, 4) is 0 Å². The van der Waals surface area contributed by atoms with Gasteiger partial charge < -0.3 is 11.1 Å². The minimum atomic E-state index is -3.60. The molecule has 0 spiro atoms. The molecule has 1 amide bonds. The number of anilines is 1. The van der Waals surface area contributed by atoms with Crippen molar-refractivity contribution in [2.24, 2.45) is 5.73 Å². The summed E-state index contributed by atoms with van der Waals surface area (Å²) < 4.78 is 27.2. The molecule has 0 aliphatic heterocycles. The molecule has 1 unspecified atom stereocenters. The summed E-state index contributed by atoms with van der Waals surface area (Å²) >= 11 is 0. The van der Waals surface area contributed by atoms with Crippen LogP contribution in [0.25, 0.3) is 0 Å². The van der Waals surface area contributed by atoms with Crippen molar-refractivity contribution in [2.45, 2.75) is 50.5 Å². The maximum atomic E-state index is 12.3. The van der Waals surface area contributed by atoms with Crippen molar-refractivity contribution >= 4 is 21.6 Å². The van der Waals surface area contributed by atoms with Gasteiger partial charge >= 0.3 is 0 Å². The van der Waals surface area contributed by atoms with E-state index >= 15 is 0 Å². The highest BCUT2D eigenvalue weighted by Gasteiger charge is 2.18. The van der Waals surface area contributed by atoms with Crippen LogP contribution in [0.1, 0.15) is 39.5 Å². The second kappa shape index (κ2) is 8.87. The van der Waals surface area contributed by atoms with Crippen LogP contribution in [-0.2, 0) is 14.8 Å². The van der Waals surface area contributed by atoms with Gasteiger partial charge in [-0.1, -0.05) is 26.7 Å². The number of rotatable bonds is 9. The Morgan fingerprint density at radius 3 is 2.36 bits per heavy atom. The molecule has 0 heterocycles. The summed E-state index contributed by atoms with van der Waals surface area (Å²) in [6.07, 6.45) is 3.00. The zero-order valence-electron chi connectivity index (χ0n) is 13.1. The maximum absolute atomic E-state index is 12.3. The van der Waals surface area contributed by atoms with Gasteiger partial charge in [-0.05, 0) is 30.7 Å². The van der Waals surface area contributed by atoms with Crippen LogP contribution < -0.4 is 15.8 Å². The molecule has 4 N–H and O–H groups in total. The quantitative estimate of drug-likeness (QED) is 0.644. The fourth-order valence-corrected chi connectivity index (χ4v) is 3.21. The van der Waals surface area contributed by atoms with E-state index in [-0.39, 0.29) is 23.4 Å². The number of hydrogen-bond donors (Lipinski definition) is 3. The summed E-state index contributed by atoms with van der Waals surface area (Å²) in [5, 5.41) is 2.68. The van der Waals surface area contributed by atoms with E-state index in [9.17, 15) is 13.2 Å². The molecule has 1 aromatic rings. The molecular weight excluding hydrogens is 302 g/mol. The number of carbonyl (C=O) groups is 1. The third-order valence-electron chi connectivity index (χ3n) is 3.28. The number of benzene rings is 1. The summed E-state index contributed by atoms with van der Waals surface area (Å²) in [6.45, 7) is 4.07. The number of carbonyl (C=O) groups excluding carboxylic acids is 1. The minimum Gasteiger partial charge on any atom is -0.329 e. The lowest BCUT2D eigenvalue weighted by atomic mass is 10.1. The molecule has 124 valence electrons. The lowest BCUT2D eigenvalue weighted by Gasteiger charge is -2.16. The molecule has 7 heteroatoms. The van der Waals surface area contributed by atoms with E-state index < -0.39 is 10.0 Å². The molecule has 6 nitrogen and oxygen atoms in total. The fourth-order valence-electron chi connectivity index (χ4n) is 1.93. The van der Waals surface area contributed by atoms with Gasteiger partial charge in [0.15, 0.2) is 0 Å². The van der Waals surface area contributed by atoms with E-state index in [1.54, 1.807) is 19.1 Å². The summed E-state index contributed by atoms with van der Waals surface area (Å²) in [6, 6.07) is 5.84. The Hall–Kier alpha value is -1.44. The number of hydrogen-bond acceptors (Lipinski definition) is 4. The summed E-state index contributed by atoms with van der Waals surface area (Å²) in [4.78, 5) is 11.5. The summed E-state index contributed by atoms with van der Waals surface area (Å²) in [5.74, 6) is -0.114. The first-order valence-corrected chi connectivity index (χ1v) is 9.03. The summed E-state index contributed by atoms with van der Waals surface area (Å²) in [5.41, 5.74) is 6.19. The first-order valence-electron chi connectivity index (χ1n) is 7.55. The van der Waals surface area contributed by atoms with Crippen LogP contribution in [0, 0.1) is 0 Å². The lowest BCUT2D eigenvalue weighted by Crippen LogP contribution is -2.40. The predicted octanol–water partition coefficient (Wildman–Crippen LogP) is 1.83. The normalized spacial score (nSPS) is 12.9. The Balaban J connectivity index is 2.78. The van der Waals surface area contributed by atoms with Gasteiger partial charge in [0, 0.05) is 24.7 Å². The van der Waals surface area contributed by atoms with Crippen molar-refractivity contribution in [1.29, 1.82) is 0 Å². The van der Waals surface area contributed by atoms with Crippen molar-refractivity contribution in [3.63, 3.8) is 0 Å². The number of nitrogens with two attached hydrogens (primary N) is 1. The van der Waals surface area contributed by atoms with Crippen molar-refractivity contribution in [1.82, 2.24) is 4.72 Å². The van der Waals surface area contributed by atoms with Gasteiger partial charge in [-0.3, -0.25) is 4.79 Å². The van der Waals surface area contributed by atoms with Crippen LogP contribution in [-0.4, -0.2) is 26.9 Å². The molecule has 0 fully saturated rings. The highest BCUT2D eigenvalue weighted by atomic mass is 32.2. The largest absolute Gasteiger partial charge is 0.329 e. The lowest BCUT2D eigenvalue weighted by molar-refractivity contribution is -0.115. The fraction of sp³-hybridized carbons (Fsp3) is 0.533. The number of amides is 1. The van der Waals surface area contributed by atoms with Crippen molar-refractivity contribution in [2.75, 3.05) is 11.9 Å². The minimum absolute atomic E-state index is 0.114. The Morgan fingerprint density at radius 1 is 1.23 bits per heavy atom. The zero-order chi connectivity index (χ0) is 16.6. The molecule has 1 aromatic carbocycles. The molecule has 0 saturated heterocycles. The third-order valence-corrected chi connectivity index (χ3v) is 4.82. The molecule has 0 bridgehead atoms. The molecule has 0 aromatic heterocycles. The van der Waals surface area contributed by atoms with Crippen LogP contribution in [0.2, 0.25) is 0 Å². The smallest absolute Gasteiger partial charge is 0.240 e. The van der Waals surface area contributed by atoms with Crippen LogP contribution in [0.3, 0.4) is 0 Å². The van der Waals surface area contributed by atoms with Gasteiger partial charge in [0.2, 0.25) is 15.9 Å². The predicted molar refractivity (Wildman–Crippen MR) is 88.1 cm³/mol.